The second-order valence-electron chi connectivity index (χ2n) is 30.9. The van der Waals surface area contributed by atoms with Crippen LogP contribution < -0.4 is 42.5 Å². The van der Waals surface area contributed by atoms with Crippen molar-refractivity contribution in [2.75, 3.05) is 87.0 Å². The van der Waals surface area contributed by atoms with Gasteiger partial charge in [0.1, 0.15) is 46.1 Å². The third kappa shape index (κ3) is 23.9. The summed E-state index contributed by atoms with van der Waals surface area (Å²) in [7, 11) is 0. The number of nitrogens with one attached hydrogen (secondary N) is 8. The Bertz CT molecular complexity index is 6910. The second kappa shape index (κ2) is 44.4. The number of furan rings is 4. The van der Waals surface area contributed by atoms with Crippen molar-refractivity contribution in [3.05, 3.63) is 372 Å². The zero-order valence-corrected chi connectivity index (χ0v) is 74.8. The number of benzene rings is 9. The van der Waals surface area contributed by atoms with Gasteiger partial charge in [0.15, 0.2) is 0 Å². The number of fused-ring (bicyclic) bond motifs is 4. The van der Waals surface area contributed by atoms with Crippen molar-refractivity contribution >= 4 is 163 Å². The van der Waals surface area contributed by atoms with Crippen molar-refractivity contribution in [3.8, 4) is 45.3 Å². The van der Waals surface area contributed by atoms with Gasteiger partial charge in [0.2, 0.25) is 0 Å². The Morgan fingerprint density at radius 1 is 0.363 bits per heavy atom. The topological polar surface area (TPSA) is 403 Å². The molecule has 0 saturated carbocycles. The Kier molecular flexibility index (Phi) is 31.1. The van der Waals surface area contributed by atoms with Crippen LogP contribution in [0.4, 0.5) is 22.7 Å². The summed E-state index contributed by atoms with van der Waals surface area (Å²) in [5.41, 5.74) is 13.8. The highest BCUT2D eigenvalue weighted by molar-refractivity contribution is 6.40. The molecular weight excluding hydrogens is 1800 g/mol. The quantitative estimate of drug-likeness (QED) is 0.0160. The standard InChI is InChI=1S/C28H21ClN2O4.C27H20ClN3O4.C26H26ClN3O5.C23H19ClN2O4/c29-20-9-11-24-22(14-20)23(28(34)30-24)15-21-10-12-26(35-21)18-7-4-8-19(13-18)27(33)31-25(16-32)17-5-2-1-3-6-17;28-19-4-6-23-21(13-19)22(27(34)31-23)14-20-5-7-25(35-20)17-2-1-3-18(12-17)26(33)30-15-24(32)16-8-10-29-11-9-16;27-19-4-6-23-21(15-19)22(26(34)29-23)16-20-5-7-24(35-20)17-2-1-3-18(14-17)25(33)28-8-9-30(10-12-31)11-13-32;24-16-5-7-20-18(12-16)19(23(29)26-20)13-17-6-8-21(30-17)14-3-1-4-15(11-14)22(28)25-9-2-10-27/h1-15,25,32H,16H2,(H,30,34)(H,31,33);1-14,24,32H,15H2,(H,30,33)(H,31,34);1-7,14-16,31-32H,8-13H2,(H,28,33)(H,29,34);1,3-8,11-13,27H,2,9-10H2,(H,25,28)(H,26,29)/b23-15+;22-14+;22-16+;19-13+. The van der Waals surface area contributed by atoms with Crippen molar-refractivity contribution in [2.24, 2.45) is 0 Å². The molecule has 27 nitrogen and oxygen atoms in total. The van der Waals surface area contributed by atoms with Crippen molar-refractivity contribution in [3.63, 3.8) is 0 Å². The number of carbonyl (C=O) groups excluding carboxylic acids is 8. The van der Waals surface area contributed by atoms with Gasteiger partial charge in [-0.2, -0.15) is 0 Å². The Hall–Kier alpha value is -15.1. The number of aliphatic hydroxyl groups is 5. The predicted octanol–water partition coefficient (Wildman–Crippen LogP) is 17.8. The van der Waals surface area contributed by atoms with E-state index in [1.54, 1.807) is 243 Å². The molecule has 682 valence electrons. The lowest BCUT2D eigenvalue weighted by molar-refractivity contribution is -0.111. The minimum Gasteiger partial charge on any atom is -0.457 e. The van der Waals surface area contributed by atoms with Gasteiger partial charge >= 0.3 is 0 Å². The number of carbonyl (C=O) groups is 8. The van der Waals surface area contributed by atoms with Crippen LogP contribution in [0.25, 0.3) is 91.9 Å². The zero-order chi connectivity index (χ0) is 94.6. The highest BCUT2D eigenvalue weighted by Crippen LogP contribution is 2.42. The van der Waals surface area contributed by atoms with E-state index in [4.69, 9.17) is 79.4 Å². The number of aliphatic hydroxyl groups excluding tert-OH is 5. The fraction of sp³-hybridized carbons (Fsp3) is 0.125. The van der Waals surface area contributed by atoms with Gasteiger partial charge in [-0.1, -0.05) is 125 Å². The van der Waals surface area contributed by atoms with Crippen molar-refractivity contribution in [1.82, 2.24) is 31.2 Å². The van der Waals surface area contributed by atoms with E-state index >= 15 is 0 Å². The van der Waals surface area contributed by atoms with E-state index in [2.05, 4.69) is 47.5 Å². The van der Waals surface area contributed by atoms with E-state index in [-0.39, 0.29) is 80.2 Å². The molecule has 9 heterocycles. The van der Waals surface area contributed by atoms with Gasteiger partial charge in [0, 0.05) is 168 Å². The number of hydrogen-bond acceptors (Lipinski definition) is 19. The molecule has 14 aromatic rings. The lowest BCUT2D eigenvalue weighted by atomic mass is 10.1. The van der Waals surface area contributed by atoms with Gasteiger partial charge in [-0.3, -0.25) is 48.2 Å². The molecule has 2 unspecified atom stereocenters. The molecule has 8 amide bonds. The molecule has 9 aromatic carbocycles. The third-order valence-corrected chi connectivity index (χ3v) is 22.7. The first-order valence-corrected chi connectivity index (χ1v) is 44.1. The number of rotatable bonds is 28. The van der Waals surface area contributed by atoms with Crippen LogP contribution in [-0.2, 0) is 19.2 Å². The maximum absolute atomic E-state index is 12.9. The SMILES string of the molecule is O=C1Nc2ccc(Cl)cc2/C1=C\c1ccc(-c2cccc(C(=O)NC(CO)c3ccccc3)c2)o1.O=C1Nc2ccc(Cl)cc2/C1=C\c1ccc(-c2cccc(C(=O)NCC(O)c3ccncc3)c2)o1.O=C1Nc2ccc(Cl)cc2/C1=C\c1ccc(-c2cccc(C(=O)NCCCO)c2)o1.O=C1Nc2ccc(Cl)cc2/C1=C\c1ccc(-c2cccc(C(=O)NCCN(CCO)CCO)c2)o1. The van der Waals surface area contributed by atoms with Crippen molar-refractivity contribution in [2.45, 2.75) is 18.6 Å². The Morgan fingerprint density at radius 2 is 0.704 bits per heavy atom. The Morgan fingerprint density at radius 3 is 1.04 bits per heavy atom. The average molecular weight is 1890 g/mol. The molecule has 13 N–H and O–H groups in total. The summed E-state index contributed by atoms with van der Waals surface area (Å²) in [6.07, 6.45) is 9.52. The maximum Gasteiger partial charge on any atom is 0.256 e. The first-order valence-electron chi connectivity index (χ1n) is 42.6. The molecule has 4 aliphatic rings. The molecule has 5 aromatic heterocycles. The van der Waals surface area contributed by atoms with E-state index < -0.39 is 12.1 Å². The van der Waals surface area contributed by atoms with Gasteiger partial charge < -0.3 is 85.7 Å². The fourth-order valence-electron chi connectivity index (χ4n) is 15.0. The van der Waals surface area contributed by atoms with Gasteiger partial charge in [0.05, 0.1) is 54.3 Å². The van der Waals surface area contributed by atoms with Crippen LogP contribution in [0.2, 0.25) is 20.1 Å². The lowest BCUT2D eigenvalue weighted by Gasteiger charge is -2.20. The normalized spacial score (nSPS) is 14.2. The molecule has 0 fully saturated rings. The average Bonchev–Trinajstić information content (AvgIpc) is 1.65. The summed E-state index contributed by atoms with van der Waals surface area (Å²) in [6, 6.07) is 75.4. The molecular formula is C104H86Cl4N10O17. The number of aromatic nitrogens is 1. The van der Waals surface area contributed by atoms with Gasteiger partial charge in [-0.25, -0.2) is 0 Å². The largest absolute Gasteiger partial charge is 0.457 e. The van der Waals surface area contributed by atoms with Crippen LogP contribution in [0, 0.1) is 0 Å². The maximum atomic E-state index is 12.9. The van der Waals surface area contributed by atoms with E-state index in [9.17, 15) is 48.6 Å². The van der Waals surface area contributed by atoms with E-state index in [1.807, 2.05) is 59.5 Å². The molecule has 0 radical (unpaired) electrons. The van der Waals surface area contributed by atoms with Crippen LogP contribution >= 0.6 is 46.4 Å². The Labute approximate surface area is 793 Å². The van der Waals surface area contributed by atoms with Gasteiger partial charge in [-0.15, -0.1) is 0 Å². The molecule has 4 aliphatic heterocycles. The van der Waals surface area contributed by atoms with Crippen LogP contribution in [0.3, 0.4) is 0 Å². The summed E-state index contributed by atoms with van der Waals surface area (Å²) in [5.74, 6) is 2.29. The first kappa shape index (κ1) is 94.5. The van der Waals surface area contributed by atoms with Crippen LogP contribution in [0.15, 0.2) is 291 Å². The minimum atomic E-state index is -0.835. The smallest absolute Gasteiger partial charge is 0.256 e. The number of hydrogen-bond donors (Lipinski definition) is 13. The highest BCUT2D eigenvalue weighted by Gasteiger charge is 2.30. The molecule has 18 rings (SSSR count). The second-order valence-corrected chi connectivity index (χ2v) is 32.7. The zero-order valence-electron chi connectivity index (χ0n) is 71.8. The summed E-state index contributed by atoms with van der Waals surface area (Å²) in [5, 5.41) is 71.7. The minimum absolute atomic E-state index is 0.0112. The molecule has 31 heteroatoms. The van der Waals surface area contributed by atoms with Crippen molar-refractivity contribution in [1.29, 1.82) is 0 Å². The first-order chi connectivity index (χ1) is 65.5. The molecule has 2 atom stereocenters. The van der Waals surface area contributed by atoms with E-state index in [0.717, 1.165) is 33.4 Å². The van der Waals surface area contributed by atoms with Crippen molar-refractivity contribution < 1.29 is 81.6 Å². The van der Waals surface area contributed by atoms with E-state index in [1.165, 1.54) is 0 Å². The summed E-state index contributed by atoms with van der Waals surface area (Å²) in [6.45, 7) is 2.04. The number of anilines is 4. The van der Waals surface area contributed by atoms with Gasteiger partial charge in [-0.05, 0) is 224 Å². The molecule has 0 aliphatic carbocycles. The molecule has 0 spiro atoms. The van der Waals surface area contributed by atoms with Gasteiger partial charge in [0.25, 0.3) is 47.3 Å². The van der Waals surface area contributed by atoms with Crippen LogP contribution in [0.1, 0.15) is 116 Å². The predicted molar refractivity (Wildman–Crippen MR) is 521 cm³/mol. The molecule has 0 saturated heterocycles. The highest BCUT2D eigenvalue weighted by atomic mass is 35.5. The van der Waals surface area contributed by atoms with E-state index in [0.29, 0.717) is 195 Å². The van der Waals surface area contributed by atoms with Crippen LogP contribution in [-0.4, -0.2) is 148 Å². The summed E-state index contributed by atoms with van der Waals surface area (Å²) >= 11 is 24.4. The lowest BCUT2D eigenvalue weighted by Crippen LogP contribution is -2.37. The third-order valence-electron chi connectivity index (χ3n) is 21.8. The Balaban J connectivity index is 0.000000137. The fourth-order valence-corrected chi connectivity index (χ4v) is 15.7. The number of nitrogens with zero attached hydrogens (tertiary/aromatic N) is 2. The number of amides is 8. The van der Waals surface area contributed by atoms with Crippen LogP contribution in [0.5, 0.6) is 0 Å². The molecule has 0 bridgehead atoms. The number of halogens is 4. The monoisotopic (exact) mass is 1890 g/mol. The summed E-state index contributed by atoms with van der Waals surface area (Å²) < 4.78 is 23.8. The number of pyridine rings is 1. The summed E-state index contributed by atoms with van der Waals surface area (Å²) in [4.78, 5) is 106. The molecule has 135 heavy (non-hydrogen) atoms.